The lowest BCUT2D eigenvalue weighted by Crippen LogP contribution is -2.40. The average Bonchev–Trinajstić information content (AvgIpc) is 3.00. The average molecular weight is 330 g/mol. The monoisotopic (exact) mass is 330 g/mol. The number of hydrogen-bond acceptors (Lipinski definition) is 3. The number of carboxylic acids is 1. The summed E-state index contributed by atoms with van der Waals surface area (Å²) >= 11 is 0. The molecule has 0 aliphatic rings. The Hall–Kier alpha value is -2.83. The largest absolute Gasteiger partial charge is 0.481 e. The zero-order chi connectivity index (χ0) is 17.5. The SMILES string of the molecule is CC(CN(C)C(=O)NCc1cnn(Cc2ccccc2)c1)C(=O)O. The van der Waals surface area contributed by atoms with Gasteiger partial charge in [-0.3, -0.25) is 9.48 Å². The second kappa shape index (κ2) is 8.14. The molecule has 1 aromatic heterocycles. The molecule has 2 N–H and O–H groups in total. The fourth-order valence-electron chi connectivity index (χ4n) is 2.24. The summed E-state index contributed by atoms with van der Waals surface area (Å²) in [7, 11) is 1.58. The van der Waals surface area contributed by atoms with Crippen molar-refractivity contribution in [1.29, 1.82) is 0 Å². The number of nitrogens with one attached hydrogen (secondary N) is 1. The lowest BCUT2D eigenvalue weighted by Gasteiger charge is -2.19. The van der Waals surface area contributed by atoms with Crippen LogP contribution in [0.3, 0.4) is 0 Å². The maximum Gasteiger partial charge on any atom is 0.317 e. The van der Waals surface area contributed by atoms with Crippen LogP contribution in [-0.2, 0) is 17.9 Å². The Morgan fingerprint density at radius 3 is 2.67 bits per heavy atom. The quantitative estimate of drug-likeness (QED) is 0.810. The van der Waals surface area contributed by atoms with Crippen molar-refractivity contribution in [2.75, 3.05) is 13.6 Å². The van der Waals surface area contributed by atoms with Gasteiger partial charge in [0.25, 0.3) is 0 Å². The van der Waals surface area contributed by atoms with Crippen LogP contribution in [0, 0.1) is 5.92 Å². The van der Waals surface area contributed by atoms with Crippen LogP contribution < -0.4 is 5.32 Å². The predicted octanol–water partition coefficient (Wildman–Crippen LogP) is 1.79. The molecule has 0 saturated heterocycles. The molecule has 24 heavy (non-hydrogen) atoms. The fraction of sp³-hybridized carbons (Fsp3) is 0.353. The van der Waals surface area contributed by atoms with Crippen LogP contribution in [0.1, 0.15) is 18.1 Å². The number of carbonyl (C=O) groups excluding carboxylic acids is 1. The molecule has 128 valence electrons. The minimum Gasteiger partial charge on any atom is -0.481 e. The molecule has 2 aromatic rings. The Labute approximate surface area is 140 Å². The molecule has 1 aromatic carbocycles. The van der Waals surface area contributed by atoms with Crippen molar-refractivity contribution in [1.82, 2.24) is 20.0 Å². The Kier molecular flexibility index (Phi) is 5.95. The summed E-state index contributed by atoms with van der Waals surface area (Å²) in [6.45, 7) is 2.75. The van der Waals surface area contributed by atoms with Gasteiger partial charge in [0.05, 0.1) is 18.7 Å². The molecular formula is C17H22N4O3. The Morgan fingerprint density at radius 1 is 1.29 bits per heavy atom. The Balaban J connectivity index is 1.82. The smallest absolute Gasteiger partial charge is 0.317 e. The molecule has 1 heterocycles. The molecule has 0 saturated carbocycles. The fourth-order valence-corrected chi connectivity index (χ4v) is 2.24. The number of hydrogen-bond donors (Lipinski definition) is 2. The van der Waals surface area contributed by atoms with Crippen molar-refractivity contribution in [3.05, 3.63) is 53.9 Å². The molecular weight excluding hydrogens is 308 g/mol. The number of benzene rings is 1. The van der Waals surface area contributed by atoms with Crippen LogP contribution in [0.5, 0.6) is 0 Å². The number of amides is 2. The zero-order valence-corrected chi connectivity index (χ0v) is 13.8. The first-order valence-electron chi connectivity index (χ1n) is 7.72. The molecule has 2 amide bonds. The van der Waals surface area contributed by atoms with Gasteiger partial charge in [-0.05, 0) is 5.56 Å². The van der Waals surface area contributed by atoms with Gasteiger partial charge in [-0.25, -0.2) is 4.79 Å². The number of rotatable bonds is 7. The summed E-state index contributed by atoms with van der Waals surface area (Å²) < 4.78 is 1.81. The standard InChI is InChI=1S/C17H22N4O3/c1-13(16(22)23)10-20(2)17(24)18-8-15-9-19-21(12-15)11-14-6-4-3-5-7-14/h3-7,9,12-13H,8,10-11H2,1-2H3,(H,18,24)(H,22,23). The van der Waals surface area contributed by atoms with E-state index in [-0.39, 0.29) is 12.6 Å². The highest BCUT2D eigenvalue weighted by Gasteiger charge is 2.17. The van der Waals surface area contributed by atoms with Crippen molar-refractivity contribution < 1.29 is 14.7 Å². The van der Waals surface area contributed by atoms with Crippen molar-refractivity contribution in [2.45, 2.75) is 20.0 Å². The highest BCUT2D eigenvalue weighted by Crippen LogP contribution is 2.04. The van der Waals surface area contributed by atoms with Crippen LogP contribution in [-0.4, -0.2) is 45.4 Å². The summed E-state index contributed by atoms with van der Waals surface area (Å²) in [4.78, 5) is 24.2. The number of carboxylic acid groups (broad SMARTS) is 1. The van der Waals surface area contributed by atoms with Crippen LogP contribution in [0.15, 0.2) is 42.7 Å². The number of aromatic nitrogens is 2. The Bertz CT molecular complexity index is 684. The van der Waals surface area contributed by atoms with Gasteiger partial charge in [-0.15, -0.1) is 0 Å². The van der Waals surface area contributed by atoms with Crippen LogP contribution >= 0.6 is 0 Å². The van der Waals surface area contributed by atoms with Crippen molar-refractivity contribution in [3.8, 4) is 0 Å². The van der Waals surface area contributed by atoms with Crippen LogP contribution in [0.4, 0.5) is 4.79 Å². The van der Waals surface area contributed by atoms with E-state index < -0.39 is 11.9 Å². The summed E-state index contributed by atoms with van der Waals surface area (Å²) in [5, 5.41) is 15.9. The van der Waals surface area contributed by atoms with E-state index in [2.05, 4.69) is 10.4 Å². The van der Waals surface area contributed by atoms with Gasteiger partial charge in [-0.1, -0.05) is 37.3 Å². The third kappa shape index (κ3) is 5.12. The van der Waals surface area contributed by atoms with Gasteiger partial charge in [0.15, 0.2) is 0 Å². The number of nitrogens with zero attached hydrogens (tertiary/aromatic N) is 3. The molecule has 2 rings (SSSR count). The van der Waals surface area contributed by atoms with E-state index in [0.29, 0.717) is 13.1 Å². The van der Waals surface area contributed by atoms with Crippen molar-refractivity contribution in [3.63, 3.8) is 0 Å². The summed E-state index contributed by atoms with van der Waals surface area (Å²) in [5.41, 5.74) is 2.04. The van der Waals surface area contributed by atoms with Gasteiger partial charge in [0.2, 0.25) is 0 Å². The van der Waals surface area contributed by atoms with Gasteiger partial charge < -0.3 is 15.3 Å². The number of aliphatic carboxylic acids is 1. The van der Waals surface area contributed by atoms with E-state index in [1.54, 1.807) is 20.2 Å². The normalized spacial score (nSPS) is 11.8. The highest BCUT2D eigenvalue weighted by molar-refractivity contribution is 5.75. The summed E-state index contributed by atoms with van der Waals surface area (Å²) in [6, 6.07) is 9.68. The predicted molar refractivity (Wildman–Crippen MR) is 89.4 cm³/mol. The first kappa shape index (κ1) is 17.5. The van der Waals surface area contributed by atoms with E-state index >= 15 is 0 Å². The van der Waals surface area contributed by atoms with Crippen molar-refractivity contribution >= 4 is 12.0 Å². The van der Waals surface area contributed by atoms with Gasteiger partial charge >= 0.3 is 12.0 Å². The third-order valence-electron chi connectivity index (χ3n) is 3.63. The molecule has 0 aliphatic heterocycles. The summed E-state index contributed by atoms with van der Waals surface area (Å²) in [5.74, 6) is -1.52. The molecule has 0 radical (unpaired) electrons. The number of carbonyl (C=O) groups is 2. The number of urea groups is 1. The van der Waals surface area contributed by atoms with E-state index in [1.807, 2.05) is 41.2 Å². The molecule has 7 heteroatoms. The molecule has 0 spiro atoms. The maximum absolute atomic E-state index is 12.0. The lowest BCUT2D eigenvalue weighted by molar-refractivity contribution is -0.141. The van der Waals surface area contributed by atoms with Gasteiger partial charge in [0.1, 0.15) is 0 Å². The molecule has 7 nitrogen and oxygen atoms in total. The lowest BCUT2D eigenvalue weighted by atomic mass is 10.2. The van der Waals surface area contributed by atoms with E-state index in [1.165, 1.54) is 4.90 Å². The van der Waals surface area contributed by atoms with Crippen molar-refractivity contribution in [2.24, 2.45) is 5.92 Å². The molecule has 1 unspecified atom stereocenters. The minimum absolute atomic E-state index is 0.161. The molecule has 0 fully saturated rings. The molecule has 0 bridgehead atoms. The second-order valence-corrected chi connectivity index (χ2v) is 5.81. The molecule has 0 aliphatic carbocycles. The first-order valence-corrected chi connectivity index (χ1v) is 7.72. The zero-order valence-electron chi connectivity index (χ0n) is 13.8. The van der Waals surface area contributed by atoms with E-state index in [4.69, 9.17) is 5.11 Å². The second-order valence-electron chi connectivity index (χ2n) is 5.81. The van der Waals surface area contributed by atoms with Gasteiger partial charge in [-0.2, -0.15) is 5.10 Å². The minimum atomic E-state index is -0.920. The van der Waals surface area contributed by atoms with E-state index in [0.717, 1.165) is 11.1 Å². The molecule has 1 atom stereocenters. The summed E-state index contributed by atoms with van der Waals surface area (Å²) in [6.07, 6.45) is 3.59. The van der Waals surface area contributed by atoms with E-state index in [9.17, 15) is 9.59 Å². The Morgan fingerprint density at radius 2 is 2.00 bits per heavy atom. The third-order valence-corrected chi connectivity index (χ3v) is 3.63. The van der Waals surface area contributed by atoms with Crippen LogP contribution in [0.2, 0.25) is 0 Å². The topological polar surface area (TPSA) is 87.5 Å². The first-order chi connectivity index (χ1) is 11.5. The maximum atomic E-state index is 12.0. The van der Waals surface area contributed by atoms with Gasteiger partial charge in [0, 0.05) is 31.9 Å². The van der Waals surface area contributed by atoms with Crippen LogP contribution in [0.25, 0.3) is 0 Å². The highest BCUT2D eigenvalue weighted by atomic mass is 16.4.